The van der Waals surface area contributed by atoms with Crippen molar-refractivity contribution in [2.24, 2.45) is 0 Å². The molecule has 2 rings (SSSR count). The number of quaternary nitrogens is 1. The Bertz CT molecular complexity index is 482. The molecule has 0 aliphatic carbocycles. The zero-order chi connectivity index (χ0) is 14.4. The lowest BCUT2D eigenvalue weighted by Gasteiger charge is -2.16. The largest absolute Gasteiger partial charge is 0.327 e. The molecular formula is C14H20N3O3+. The first-order chi connectivity index (χ1) is 9.65. The second-order valence-electron chi connectivity index (χ2n) is 5.20. The predicted octanol–water partition coefficient (Wildman–Crippen LogP) is 0.992. The minimum absolute atomic E-state index is 0.00933. The Kier molecular flexibility index (Phi) is 5.06. The molecule has 0 spiro atoms. The lowest BCUT2D eigenvalue weighted by atomic mass is 10.2. The van der Waals surface area contributed by atoms with E-state index in [9.17, 15) is 14.9 Å². The average molecular weight is 278 g/mol. The lowest BCUT2D eigenvalue weighted by molar-refractivity contribution is -0.890. The SMILES string of the molecule is O=C(C[NH+]1CCCCCC1)Nc1cccc([N+](=O)[O-])c1. The van der Waals surface area contributed by atoms with Gasteiger partial charge in [0.1, 0.15) is 0 Å². The topological polar surface area (TPSA) is 76.7 Å². The highest BCUT2D eigenvalue weighted by atomic mass is 16.6. The van der Waals surface area contributed by atoms with Crippen LogP contribution < -0.4 is 10.2 Å². The van der Waals surface area contributed by atoms with E-state index in [1.165, 1.54) is 42.7 Å². The fourth-order valence-electron chi connectivity index (χ4n) is 2.53. The number of nitrogens with zero attached hydrogens (tertiary/aromatic N) is 1. The molecule has 6 nitrogen and oxygen atoms in total. The number of carbonyl (C=O) groups excluding carboxylic acids is 1. The van der Waals surface area contributed by atoms with Gasteiger partial charge in [0, 0.05) is 17.8 Å². The number of hydrogen-bond acceptors (Lipinski definition) is 3. The molecule has 0 radical (unpaired) electrons. The number of benzene rings is 1. The number of likely N-dealkylation sites (tertiary alicyclic amines) is 1. The quantitative estimate of drug-likeness (QED) is 0.637. The minimum Gasteiger partial charge on any atom is -0.327 e. The molecule has 0 aromatic heterocycles. The molecule has 0 atom stereocenters. The predicted molar refractivity (Wildman–Crippen MR) is 75.8 cm³/mol. The molecule has 6 heteroatoms. The number of rotatable bonds is 4. The van der Waals surface area contributed by atoms with Crippen LogP contribution >= 0.6 is 0 Å². The van der Waals surface area contributed by atoms with Gasteiger partial charge in [0.25, 0.3) is 11.6 Å². The zero-order valence-corrected chi connectivity index (χ0v) is 11.4. The van der Waals surface area contributed by atoms with Gasteiger partial charge >= 0.3 is 0 Å². The molecular weight excluding hydrogens is 258 g/mol. The van der Waals surface area contributed by atoms with Crippen LogP contribution in [0, 0.1) is 10.1 Å². The zero-order valence-electron chi connectivity index (χ0n) is 11.4. The molecule has 20 heavy (non-hydrogen) atoms. The Balaban J connectivity index is 1.90. The first-order valence-corrected chi connectivity index (χ1v) is 7.03. The van der Waals surface area contributed by atoms with Crippen molar-refractivity contribution in [2.45, 2.75) is 25.7 Å². The maximum Gasteiger partial charge on any atom is 0.279 e. The normalized spacial score (nSPS) is 16.4. The van der Waals surface area contributed by atoms with Gasteiger partial charge in [0.2, 0.25) is 0 Å². The molecule has 108 valence electrons. The standard InChI is InChI=1S/C14H19N3O3/c18-14(11-16-8-3-1-2-4-9-16)15-12-6-5-7-13(10-12)17(19)20/h5-7,10H,1-4,8-9,11H2,(H,15,18)/p+1. The van der Waals surface area contributed by atoms with Crippen molar-refractivity contribution in [3.63, 3.8) is 0 Å². The van der Waals surface area contributed by atoms with Crippen molar-refractivity contribution >= 4 is 17.3 Å². The van der Waals surface area contributed by atoms with Gasteiger partial charge in [-0.05, 0) is 31.7 Å². The van der Waals surface area contributed by atoms with E-state index in [1.54, 1.807) is 12.1 Å². The third kappa shape index (κ3) is 4.31. The highest BCUT2D eigenvalue weighted by Gasteiger charge is 2.16. The smallest absolute Gasteiger partial charge is 0.279 e. The molecule has 1 amide bonds. The molecule has 1 aromatic rings. The summed E-state index contributed by atoms with van der Waals surface area (Å²) in [5.41, 5.74) is 0.475. The number of carbonyl (C=O) groups is 1. The number of non-ortho nitro benzene ring substituents is 1. The number of hydrogen-bond donors (Lipinski definition) is 2. The van der Waals surface area contributed by atoms with Crippen LogP contribution in [-0.2, 0) is 4.79 Å². The van der Waals surface area contributed by atoms with Gasteiger partial charge in [-0.25, -0.2) is 0 Å². The summed E-state index contributed by atoms with van der Waals surface area (Å²) in [5.74, 6) is -0.0811. The Hall–Kier alpha value is -1.95. The van der Waals surface area contributed by atoms with Crippen LogP contribution in [0.25, 0.3) is 0 Å². The summed E-state index contributed by atoms with van der Waals surface area (Å²) in [6, 6.07) is 6.04. The number of nitro groups is 1. The molecule has 2 N–H and O–H groups in total. The van der Waals surface area contributed by atoms with Gasteiger partial charge in [-0.1, -0.05) is 6.07 Å². The van der Waals surface area contributed by atoms with E-state index in [-0.39, 0.29) is 11.6 Å². The molecule has 1 fully saturated rings. The number of nitro benzene ring substituents is 1. The monoisotopic (exact) mass is 278 g/mol. The van der Waals surface area contributed by atoms with Crippen molar-refractivity contribution in [1.29, 1.82) is 0 Å². The maximum absolute atomic E-state index is 12.0. The van der Waals surface area contributed by atoms with Crippen LogP contribution in [0.5, 0.6) is 0 Å². The summed E-state index contributed by atoms with van der Waals surface area (Å²) in [5, 5.41) is 13.4. The summed E-state index contributed by atoms with van der Waals surface area (Å²) in [6.07, 6.45) is 4.82. The van der Waals surface area contributed by atoms with Crippen LogP contribution in [-0.4, -0.2) is 30.5 Å². The number of anilines is 1. The Labute approximate surface area is 117 Å². The number of amides is 1. The van der Waals surface area contributed by atoms with Gasteiger partial charge in [0.05, 0.1) is 18.0 Å². The Morgan fingerprint density at radius 3 is 2.60 bits per heavy atom. The first kappa shape index (κ1) is 14.5. The van der Waals surface area contributed by atoms with Crippen molar-refractivity contribution in [2.75, 3.05) is 25.0 Å². The second-order valence-corrected chi connectivity index (χ2v) is 5.20. The summed E-state index contributed by atoms with van der Waals surface area (Å²) in [7, 11) is 0. The van der Waals surface area contributed by atoms with E-state index < -0.39 is 4.92 Å². The molecule has 0 unspecified atom stereocenters. The van der Waals surface area contributed by atoms with E-state index in [1.807, 2.05) is 0 Å². The fraction of sp³-hybridized carbons (Fsp3) is 0.500. The van der Waals surface area contributed by atoms with Gasteiger partial charge in [0.15, 0.2) is 6.54 Å². The van der Waals surface area contributed by atoms with Crippen LogP contribution in [0.3, 0.4) is 0 Å². The van der Waals surface area contributed by atoms with E-state index in [0.29, 0.717) is 12.2 Å². The number of nitrogens with one attached hydrogen (secondary N) is 2. The molecule has 1 saturated heterocycles. The molecule has 1 aliphatic heterocycles. The molecule has 1 aliphatic rings. The van der Waals surface area contributed by atoms with Crippen LogP contribution in [0.2, 0.25) is 0 Å². The second kappa shape index (κ2) is 7.00. The van der Waals surface area contributed by atoms with Gasteiger partial charge < -0.3 is 10.2 Å². The first-order valence-electron chi connectivity index (χ1n) is 7.03. The molecule has 0 bridgehead atoms. The minimum atomic E-state index is -0.463. The van der Waals surface area contributed by atoms with Crippen LogP contribution in [0.4, 0.5) is 11.4 Å². The molecule has 1 aromatic carbocycles. The van der Waals surface area contributed by atoms with E-state index in [4.69, 9.17) is 0 Å². The van der Waals surface area contributed by atoms with E-state index in [2.05, 4.69) is 5.32 Å². The highest BCUT2D eigenvalue weighted by molar-refractivity contribution is 5.91. The van der Waals surface area contributed by atoms with Gasteiger partial charge in [-0.15, -0.1) is 0 Å². The van der Waals surface area contributed by atoms with Gasteiger partial charge in [-0.3, -0.25) is 14.9 Å². The van der Waals surface area contributed by atoms with E-state index >= 15 is 0 Å². The van der Waals surface area contributed by atoms with Crippen molar-refractivity contribution in [3.8, 4) is 0 Å². The summed E-state index contributed by atoms with van der Waals surface area (Å²) < 4.78 is 0. The third-order valence-corrected chi connectivity index (χ3v) is 3.56. The van der Waals surface area contributed by atoms with Crippen LogP contribution in [0.15, 0.2) is 24.3 Å². The maximum atomic E-state index is 12.0. The van der Waals surface area contributed by atoms with Crippen molar-refractivity contribution < 1.29 is 14.6 Å². The van der Waals surface area contributed by atoms with Crippen molar-refractivity contribution in [3.05, 3.63) is 34.4 Å². The summed E-state index contributed by atoms with van der Waals surface area (Å²) >= 11 is 0. The fourth-order valence-corrected chi connectivity index (χ4v) is 2.53. The van der Waals surface area contributed by atoms with Gasteiger partial charge in [-0.2, -0.15) is 0 Å². The summed E-state index contributed by atoms with van der Waals surface area (Å²) in [6.45, 7) is 2.49. The molecule has 0 saturated carbocycles. The molecule has 1 heterocycles. The Morgan fingerprint density at radius 1 is 1.25 bits per heavy atom. The summed E-state index contributed by atoms with van der Waals surface area (Å²) in [4.78, 5) is 23.5. The van der Waals surface area contributed by atoms with Crippen LogP contribution in [0.1, 0.15) is 25.7 Å². The third-order valence-electron chi connectivity index (χ3n) is 3.56. The van der Waals surface area contributed by atoms with E-state index in [0.717, 1.165) is 13.1 Å². The Morgan fingerprint density at radius 2 is 1.95 bits per heavy atom. The van der Waals surface area contributed by atoms with Crippen molar-refractivity contribution in [1.82, 2.24) is 0 Å². The highest BCUT2D eigenvalue weighted by Crippen LogP contribution is 2.16. The lowest BCUT2D eigenvalue weighted by Crippen LogP contribution is -3.12. The average Bonchev–Trinajstić information content (AvgIpc) is 2.67.